The minimum absolute atomic E-state index is 0.0490. The van der Waals surface area contributed by atoms with E-state index in [1.807, 2.05) is 73.7 Å². The van der Waals surface area contributed by atoms with E-state index < -0.39 is 0 Å². The van der Waals surface area contributed by atoms with Crippen molar-refractivity contribution in [1.82, 2.24) is 15.3 Å². The molecule has 3 aromatic carbocycles. The van der Waals surface area contributed by atoms with E-state index in [0.717, 1.165) is 35.1 Å². The molecule has 0 aliphatic rings. The highest BCUT2D eigenvalue weighted by atomic mass is 32.1. The third kappa shape index (κ3) is 5.59. The number of aromatic amines is 1. The first-order valence-electron chi connectivity index (χ1n) is 10.7. The molecule has 1 atom stereocenters. The zero-order valence-corrected chi connectivity index (χ0v) is 18.8. The van der Waals surface area contributed by atoms with Gasteiger partial charge < -0.3 is 15.6 Å². The van der Waals surface area contributed by atoms with E-state index in [-0.39, 0.29) is 11.9 Å². The minimum atomic E-state index is -0.0490. The minimum Gasteiger partial charge on any atom is -0.365 e. The number of aromatic nitrogens is 2. The van der Waals surface area contributed by atoms with Crippen LogP contribution in [0.1, 0.15) is 34.8 Å². The maximum absolute atomic E-state index is 12.6. The van der Waals surface area contributed by atoms with Gasteiger partial charge in [0.2, 0.25) is 0 Å². The van der Waals surface area contributed by atoms with E-state index in [9.17, 15) is 4.79 Å². The van der Waals surface area contributed by atoms with Gasteiger partial charge in [-0.2, -0.15) is 0 Å². The fourth-order valence-corrected chi connectivity index (χ4v) is 3.81. The Bertz CT molecular complexity index is 1250. The molecule has 0 bridgehead atoms. The first-order chi connectivity index (χ1) is 15.6. The van der Waals surface area contributed by atoms with Gasteiger partial charge in [-0.1, -0.05) is 54.6 Å². The van der Waals surface area contributed by atoms with Crippen LogP contribution in [0.5, 0.6) is 0 Å². The number of rotatable bonds is 8. The molecule has 32 heavy (non-hydrogen) atoms. The number of amides is 1. The summed E-state index contributed by atoms with van der Waals surface area (Å²) in [5, 5.41) is 7.44. The van der Waals surface area contributed by atoms with Gasteiger partial charge in [-0.25, -0.2) is 4.98 Å². The lowest BCUT2D eigenvalue weighted by Gasteiger charge is -2.14. The van der Waals surface area contributed by atoms with Crippen LogP contribution < -0.4 is 10.6 Å². The second-order valence-electron chi connectivity index (χ2n) is 7.89. The summed E-state index contributed by atoms with van der Waals surface area (Å²) in [4.78, 5) is 20.1. The van der Waals surface area contributed by atoms with Crippen molar-refractivity contribution in [2.75, 3.05) is 5.32 Å². The molecule has 0 unspecified atom stereocenters. The van der Waals surface area contributed by atoms with Crippen LogP contribution in [0.4, 0.5) is 5.82 Å². The van der Waals surface area contributed by atoms with E-state index in [0.29, 0.717) is 16.9 Å². The van der Waals surface area contributed by atoms with Gasteiger partial charge in [0, 0.05) is 23.5 Å². The predicted molar refractivity (Wildman–Crippen MR) is 132 cm³/mol. The van der Waals surface area contributed by atoms with Crippen LogP contribution in [0.15, 0.2) is 78.9 Å². The second-order valence-corrected chi connectivity index (χ2v) is 8.27. The number of anilines is 1. The SMILES string of the molecule is C[C@@H](CCc1ccccc1)NC(=O)c1ccc(CNc2nc(=S)[nH]c3ccccc23)cc1. The number of aryl methyl sites for hydroxylation is 1. The summed E-state index contributed by atoms with van der Waals surface area (Å²) in [6.07, 6.45) is 1.84. The Kier molecular flexibility index (Phi) is 6.92. The maximum Gasteiger partial charge on any atom is 0.251 e. The molecule has 0 aliphatic carbocycles. The molecule has 1 amide bonds. The van der Waals surface area contributed by atoms with E-state index in [1.165, 1.54) is 5.56 Å². The van der Waals surface area contributed by atoms with E-state index in [1.54, 1.807) is 0 Å². The van der Waals surface area contributed by atoms with Crippen LogP contribution in [0.2, 0.25) is 0 Å². The van der Waals surface area contributed by atoms with E-state index in [2.05, 4.69) is 32.7 Å². The van der Waals surface area contributed by atoms with Gasteiger partial charge >= 0.3 is 0 Å². The van der Waals surface area contributed by atoms with Gasteiger partial charge in [0.1, 0.15) is 5.82 Å². The Morgan fingerprint density at radius 2 is 1.69 bits per heavy atom. The molecule has 4 aromatic rings. The zero-order chi connectivity index (χ0) is 22.3. The Hall–Kier alpha value is -3.51. The fraction of sp³-hybridized carbons (Fsp3) is 0.192. The van der Waals surface area contributed by atoms with Gasteiger partial charge in [0.15, 0.2) is 4.77 Å². The van der Waals surface area contributed by atoms with Crippen molar-refractivity contribution in [3.05, 3.63) is 100 Å². The van der Waals surface area contributed by atoms with Crippen molar-refractivity contribution in [3.8, 4) is 0 Å². The molecule has 4 rings (SSSR count). The average molecular weight is 443 g/mol. The molecule has 0 spiro atoms. The lowest BCUT2D eigenvalue weighted by atomic mass is 10.1. The maximum atomic E-state index is 12.6. The number of fused-ring (bicyclic) bond motifs is 1. The molecule has 0 saturated carbocycles. The Balaban J connectivity index is 1.33. The smallest absolute Gasteiger partial charge is 0.251 e. The van der Waals surface area contributed by atoms with Crippen LogP contribution in [0.3, 0.4) is 0 Å². The summed E-state index contributed by atoms with van der Waals surface area (Å²) in [5.74, 6) is 0.700. The summed E-state index contributed by atoms with van der Waals surface area (Å²) in [7, 11) is 0. The summed E-state index contributed by atoms with van der Waals surface area (Å²) in [6.45, 7) is 2.63. The van der Waals surface area contributed by atoms with E-state index >= 15 is 0 Å². The van der Waals surface area contributed by atoms with Gasteiger partial charge in [-0.05, 0) is 67.4 Å². The Morgan fingerprint density at radius 1 is 0.969 bits per heavy atom. The monoisotopic (exact) mass is 442 g/mol. The molecular formula is C26H26N4OS. The van der Waals surface area contributed by atoms with Crippen LogP contribution in [0.25, 0.3) is 10.9 Å². The van der Waals surface area contributed by atoms with Gasteiger partial charge in [0.05, 0.1) is 5.52 Å². The molecule has 1 aromatic heterocycles. The lowest BCUT2D eigenvalue weighted by molar-refractivity contribution is 0.0938. The van der Waals surface area contributed by atoms with Crippen molar-refractivity contribution >= 4 is 34.8 Å². The largest absolute Gasteiger partial charge is 0.365 e. The first-order valence-corrected chi connectivity index (χ1v) is 11.2. The molecule has 0 saturated heterocycles. The molecular weight excluding hydrogens is 416 g/mol. The fourth-order valence-electron chi connectivity index (χ4n) is 3.61. The lowest BCUT2D eigenvalue weighted by Crippen LogP contribution is -2.32. The first kappa shape index (κ1) is 21.7. The number of hydrogen-bond acceptors (Lipinski definition) is 4. The van der Waals surface area contributed by atoms with Crippen LogP contribution >= 0.6 is 12.2 Å². The third-order valence-corrected chi connectivity index (χ3v) is 5.59. The highest BCUT2D eigenvalue weighted by molar-refractivity contribution is 7.71. The Labute approximate surface area is 192 Å². The van der Waals surface area contributed by atoms with Gasteiger partial charge in [-0.15, -0.1) is 0 Å². The summed E-state index contributed by atoms with van der Waals surface area (Å²) in [5.41, 5.74) is 3.95. The van der Waals surface area contributed by atoms with E-state index in [4.69, 9.17) is 12.2 Å². The standard InChI is InChI=1S/C26H26N4OS/c1-18(11-12-19-7-3-2-4-8-19)28-25(31)21-15-13-20(14-16-21)17-27-24-22-9-5-6-10-23(22)29-26(32)30-24/h2-10,13-16,18H,11-12,17H2,1H3,(H,28,31)(H2,27,29,30,32)/t18-/m0/s1. The average Bonchev–Trinajstić information content (AvgIpc) is 2.82. The van der Waals surface area contributed by atoms with Crippen molar-refractivity contribution in [2.24, 2.45) is 0 Å². The molecule has 1 heterocycles. The number of nitrogens with zero attached hydrogens (tertiary/aromatic N) is 1. The van der Waals surface area contributed by atoms with Crippen molar-refractivity contribution in [3.63, 3.8) is 0 Å². The molecule has 3 N–H and O–H groups in total. The number of nitrogens with one attached hydrogen (secondary N) is 3. The molecule has 5 nitrogen and oxygen atoms in total. The highest BCUT2D eigenvalue weighted by Gasteiger charge is 2.10. The molecule has 0 radical (unpaired) electrons. The van der Waals surface area contributed by atoms with Gasteiger partial charge in [-0.3, -0.25) is 4.79 Å². The topological polar surface area (TPSA) is 69.8 Å². The normalized spacial score (nSPS) is 11.8. The van der Waals surface area contributed by atoms with Crippen molar-refractivity contribution in [2.45, 2.75) is 32.4 Å². The summed E-state index contributed by atoms with van der Waals surface area (Å²) in [6, 6.07) is 26.0. The third-order valence-electron chi connectivity index (χ3n) is 5.40. The van der Waals surface area contributed by atoms with Crippen LogP contribution in [0, 0.1) is 4.77 Å². The summed E-state index contributed by atoms with van der Waals surface area (Å²) >= 11 is 5.23. The highest BCUT2D eigenvalue weighted by Crippen LogP contribution is 2.20. The quantitative estimate of drug-likeness (QED) is 0.308. The number of H-pyrrole nitrogens is 1. The van der Waals surface area contributed by atoms with Gasteiger partial charge in [0.25, 0.3) is 5.91 Å². The number of carbonyl (C=O) groups excluding carboxylic acids is 1. The number of benzene rings is 3. The Morgan fingerprint density at radius 3 is 2.47 bits per heavy atom. The van der Waals surface area contributed by atoms with Crippen LogP contribution in [-0.4, -0.2) is 21.9 Å². The second kappa shape index (κ2) is 10.2. The molecule has 0 fully saturated rings. The number of carbonyl (C=O) groups is 1. The zero-order valence-electron chi connectivity index (χ0n) is 18.0. The number of hydrogen-bond donors (Lipinski definition) is 3. The van der Waals surface area contributed by atoms with Crippen molar-refractivity contribution < 1.29 is 4.79 Å². The predicted octanol–water partition coefficient (Wildman–Crippen LogP) is 5.66. The summed E-state index contributed by atoms with van der Waals surface area (Å²) < 4.78 is 0.444. The van der Waals surface area contributed by atoms with Crippen molar-refractivity contribution in [1.29, 1.82) is 0 Å². The molecule has 162 valence electrons. The van der Waals surface area contributed by atoms with Crippen LogP contribution in [-0.2, 0) is 13.0 Å². The molecule has 6 heteroatoms. The number of para-hydroxylation sites is 1. The molecule has 0 aliphatic heterocycles.